The summed E-state index contributed by atoms with van der Waals surface area (Å²) in [7, 11) is 2.21. The molecular formula is C16H34N2O. The van der Waals surface area contributed by atoms with Crippen LogP contribution in [0.3, 0.4) is 0 Å². The number of hydrogen-bond donors (Lipinski definition) is 1. The molecule has 1 fully saturated rings. The van der Waals surface area contributed by atoms with Gasteiger partial charge in [0.2, 0.25) is 0 Å². The van der Waals surface area contributed by atoms with Crippen LogP contribution in [0.1, 0.15) is 53.4 Å². The van der Waals surface area contributed by atoms with Crippen LogP contribution in [-0.2, 0) is 4.74 Å². The summed E-state index contributed by atoms with van der Waals surface area (Å²) < 4.78 is 5.81. The summed E-state index contributed by atoms with van der Waals surface area (Å²) in [6, 6.07) is 1.33. The smallest absolute Gasteiger partial charge is 0.0612 e. The van der Waals surface area contributed by atoms with E-state index in [0.29, 0.717) is 24.1 Å². The molecule has 1 N–H and O–H groups in total. The monoisotopic (exact) mass is 270 g/mol. The largest absolute Gasteiger partial charge is 0.378 e. The van der Waals surface area contributed by atoms with Gasteiger partial charge in [0.25, 0.3) is 0 Å². The summed E-state index contributed by atoms with van der Waals surface area (Å²) >= 11 is 0. The van der Waals surface area contributed by atoms with Crippen molar-refractivity contribution >= 4 is 0 Å². The maximum atomic E-state index is 5.81. The lowest BCUT2D eigenvalue weighted by Crippen LogP contribution is -2.41. The van der Waals surface area contributed by atoms with Crippen molar-refractivity contribution in [3.05, 3.63) is 0 Å². The van der Waals surface area contributed by atoms with Crippen LogP contribution in [-0.4, -0.2) is 49.8 Å². The molecule has 19 heavy (non-hydrogen) atoms. The van der Waals surface area contributed by atoms with Gasteiger partial charge in [0.05, 0.1) is 6.10 Å². The van der Waals surface area contributed by atoms with Crippen molar-refractivity contribution in [2.45, 2.75) is 71.6 Å². The van der Waals surface area contributed by atoms with Gasteiger partial charge in [-0.3, -0.25) is 0 Å². The highest BCUT2D eigenvalue weighted by molar-refractivity contribution is 4.78. The van der Waals surface area contributed by atoms with Crippen molar-refractivity contribution < 1.29 is 4.74 Å². The summed E-state index contributed by atoms with van der Waals surface area (Å²) in [4.78, 5) is 2.42. The van der Waals surface area contributed by atoms with Crippen LogP contribution in [0.2, 0.25) is 0 Å². The quantitative estimate of drug-likeness (QED) is 0.686. The summed E-state index contributed by atoms with van der Waals surface area (Å²) in [5, 5.41) is 3.71. The highest BCUT2D eigenvalue weighted by Crippen LogP contribution is 2.20. The summed E-state index contributed by atoms with van der Waals surface area (Å²) in [6.07, 6.45) is 5.39. The molecule has 1 saturated heterocycles. The molecule has 0 aliphatic carbocycles. The van der Waals surface area contributed by atoms with Crippen LogP contribution < -0.4 is 5.32 Å². The molecular weight excluding hydrogens is 236 g/mol. The van der Waals surface area contributed by atoms with E-state index in [9.17, 15) is 0 Å². The maximum Gasteiger partial charge on any atom is 0.0612 e. The number of hydrogen-bond acceptors (Lipinski definition) is 3. The van der Waals surface area contributed by atoms with E-state index < -0.39 is 0 Å². The van der Waals surface area contributed by atoms with Gasteiger partial charge in [-0.1, -0.05) is 13.8 Å². The van der Waals surface area contributed by atoms with Gasteiger partial charge in [0.1, 0.15) is 0 Å². The third-order valence-corrected chi connectivity index (χ3v) is 4.31. The van der Waals surface area contributed by atoms with Gasteiger partial charge in [0.15, 0.2) is 0 Å². The Kier molecular flexibility index (Phi) is 7.96. The lowest BCUT2D eigenvalue weighted by atomic mass is 9.95. The normalized spacial score (nSPS) is 24.6. The Morgan fingerprint density at radius 3 is 2.58 bits per heavy atom. The van der Waals surface area contributed by atoms with E-state index in [2.05, 4.69) is 45.0 Å². The molecule has 1 aliphatic heterocycles. The molecule has 1 aliphatic rings. The van der Waals surface area contributed by atoms with Gasteiger partial charge in [-0.2, -0.15) is 0 Å². The molecule has 0 amide bonds. The lowest BCUT2D eigenvalue weighted by Gasteiger charge is -2.32. The molecule has 0 bridgehead atoms. The average molecular weight is 270 g/mol. The Labute approximate surface area is 120 Å². The molecule has 0 aromatic rings. The van der Waals surface area contributed by atoms with Crippen molar-refractivity contribution in [1.82, 2.24) is 10.2 Å². The van der Waals surface area contributed by atoms with Crippen molar-refractivity contribution in [3.8, 4) is 0 Å². The first-order valence-electron chi connectivity index (χ1n) is 8.06. The molecule has 0 radical (unpaired) electrons. The minimum atomic E-state index is 0.457. The molecule has 0 saturated carbocycles. The molecule has 2 atom stereocenters. The minimum absolute atomic E-state index is 0.457. The van der Waals surface area contributed by atoms with E-state index in [-0.39, 0.29) is 0 Å². The van der Waals surface area contributed by atoms with Gasteiger partial charge in [-0.25, -0.2) is 0 Å². The Balaban J connectivity index is 2.06. The highest BCUT2D eigenvalue weighted by atomic mass is 16.5. The molecule has 2 unspecified atom stereocenters. The van der Waals surface area contributed by atoms with Gasteiger partial charge >= 0.3 is 0 Å². The van der Waals surface area contributed by atoms with Gasteiger partial charge in [-0.05, 0) is 65.6 Å². The first-order valence-corrected chi connectivity index (χ1v) is 8.06. The van der Waals surface area contributed by atoms with Crippen LogP contribution in [0.25, 0.3) is 0 Å². The zero-order chi connectivity index (χ0) is 14.3. The molecule has 3 nitrogen and oxygen atoms in total. The van der Waals surface area contributed by atoms with Crippen LogP contribution in [0.4, 0.5) is 0 Å². The Hall–Kier alpha value is -0.120. The SMILES string of the molecule is CC(C)C1CC(NCCCCN(C)C(C)C)CCO1. The predicted octanol–water partition coefficient (Wildman–Crippen LogP) is 2.90. The van der Waals surface area contributed by atoms with Crippen LogP contribution in [0.5, 0.6) is 0 Å². The maximum absolute atomic E-state index is 5.81. The first-order chi connectivity index (χ1) is 9.00. The lowest BCUT2D eigenvalue weighted by molar-refractivity contribution is -0.0243. The average Bonchev–Trinajstić information content (AvgIpc) is 2.38. The Bertz CT molecular complexity index is 231. The standard InChI is InChI=1S/C16H34N2O/c1-13(2)16-12-15(8-11-19-16)17-9-6-7-10-18(5)14(3)4/h13-17H,6-12H2,1-5H3. The predicted molar refractivity (Wildman–Crippen MR) is 82.6 cm³/mol. The van der Waals surface area contributed by atoms with Gasteiger partial charge in [0, 0.05) is 18.7 Å². The zero-order valence-electron chi connectivity index (χ0n) is 13.6. The Morgan fingerprint density at radius 2 is 1.95 bits per heavy atom. The molecule has 114 valence electrons. The van der Waals surface area contributed by atoms with Crippen molar-refractivity contribution in [2.75, 3.05) is 26.7 Å². The molecule has 1 rings (SSSR count). The molecule has 0 aromatic heterocycles. The second-order valence-electron chi connectivity index (χ2n) is 6.61. The second kappa shape index (κ2) is 8.93. The van der Waals surface area contributed by atoms with Crippen molar-refractivity contribution in [1.29, 1.82) is 0 Å². The van der Waals surface area contributed by atoms with Crippen molar-refractivity contribution in [3.63, 3.8) is 0 Å². The summed E-state index contributed by atoms with van der Waals surface area (Å²) in [5.41, 5.74) is 0. The first kappa shape index (κ1) is 16.9. The molecule has 1 heterocycles. The molecule has 3 heteroatoms. The van der Waals surface area contributed by atoms with E-state index in [1.807, 2.05) is 0 Å². The molecule has 0 spiro atoms. The number of rotatable bonds is 8. The minimum Gasteiger partial charge on any atom is -0.378 e. The van der Waals surface area contributed by atoms with E-state index in [0.717, 1.165) is 13.2 Å². The van der Waals surface area contributed by atoms with Gasteiger partial charge < -0.3 is 15.0 Å². The zero-order valence-corrected chi connectivity index (χ0v) is 13.6. The van der Waals surface area contributed by atoms with Crippen LogP contribution >= 0.6 is 0 Å². The van der Waals surface area contributed by atoms with Gasteiger partial charge in [-0.15, -0.1) is 0 Å². The summed E-state index contributed by atoms with van der Waals surface area (Å²) in [5.74, 6) is 0.643. The third-order valence-electron chi connectivity index (χ3n) is 4.31. The van der Waals surface area contributed by atoms with Crippen LogP contribution in [0, 0.1) is 5.92 Å². The highest BCUT2D eigenvalue weighted by Gasteiger charge is 2.24. The van der Waals surface area contributed by atoms with Crippen molar-refractivity contribution in [2.24, 2.45) is 5.92 Å². The third kappa shape index (κ3) is 6.73. The number of nitrogens with zero attached hydrogens (tertiary/aromatic N) is 1. The molecule has 0 aromatic carbocycles. The van der Waals surface area contributed by atoms with E-state index in [4.69, 9.17) is 4.74 Å². The van der Waals surface area contributed by atoms with E-state index >= 15 is 0 Å². The summed E-state index contributed by atoms with van der Waals surface area (Å²) in [6.45, 7) is 12.3. The number of nitrogens with one attached hydrogen (secondary N) is 1. The fourth-order valence-corrected chi connectivity index (χ4v) is 2.53. The number of unbranched alkanes of at least 4 members (excludes halogenated alkanes) is 1. The topological polar surface area (TPSA) is 24.5 Å². The number of ether oxygens (including phenoxy) is 1. The second-order valence-corrected chi connectivity index (χ2v) is 6.61. The van der Waals surface area contributed by atoms with E-state index in [1.54, 1.807) is 0 Å². The Morgan fingerprint density at radius 1 is 1.21 bits per heavy atom. The fourth-order valence-electron chi connectivity index (χ4n) is 2.53. The van der Waals surface area contributed by atoms with Crippen LogP contribution in [0.15, 0.2) is 0 Å². The fraction of sp³-hybridized carbons (Fsp3) is 1.00. The van der Waals surface area contributed by atoms with E-state index in [1.165, 1.54) is 32.2 Å².